The Morgan fingerprint density at radius 3 is 2.29 bits per heavy atom. The Balaban J connectivity index is 2.71. The highest BCUT2D eigenvalue weighted by atomic mass is 16.2. The summed E-state index contributed by atoms with van der Waals surface area (Å²) in [6.45, 7) is 1.41. The van der Waals surface area contributed by atoms with Gasteiger partial charge in [-0.15, -0.1) is 0 Å². The quantitative estimate of drug-likeness (QED) is 0.681. The zero-order valence-electron chi connectivity index (χ0n) is 8.36. The van der Waals surface area contributed by atoms with Crippen molar-refractivity contribution < 1.29 is 9.59 Å². The number of rotatable bonds is 3. The molecule has 0 spiro atoms. The molecule has 0 radical (unpaired) electrons. The molecule has 0 saturated heterocycles. The fourth-order valence-corrected chi connectivity index (χ4v) is 1.13. The van der Waals surface area contributed by atoms with Crippen molar-refractivity contribution in [3.05, 3.63) is 30.3 Å². The van der Waals surface area contributed by atoms with Crippen LogP contribution in [0.3, 0.4) is 0 Å². The van der Waals surface area contributed by atoms with Gasteiger partial charge in [0.15, 0.2) is 0 Å². The molecule has 0 aliphatic heterocycles. The van der Waals surface area contributed by atoms with Gasteiger partial charge in [-0.05, 0) is 19.1 Å². The van der Waals surface area contributed by atoms with Gasteiger partial charge in [-0.3, -0.25) is 9.59 Å². The van der Waals surface area contributed by atoms with E-state index in [4.69, 9.17) is 0 Å². The maximum Gasteiger partial charge on any atom is 0.234 e. The average Bonchev–Trinajstić information content (AvgIpc) is 2.17. The molecule has 0 bridgehead atoms. The molecule has 74 valence electrons. The van der Waals surface area contributed by atoms with Crippen LogP contribution >= 0.6 is 0 Å². The number of amides is 1. The van der Waals surface area contributed by atoms with Crippen LogP contribution in [0.5, 0.6) is 0 Å². The van der Waals surface area contributed by atoms with Crippen molar-refractivity contribution in [2.24, 2.45) is 0 Å². The monoisotopic (exact) mass is 191 g/mol. The molecule has 0 atom stereocenters. The maximum absolute atomic E-state index is 11.5. The number of carbonyl (C=O) groups is 2. The summed E-state index contributed by atoms with van der Waals surface area (Å²) in [6, 6.07) is 9.25. The van der Waals surface area contributed by atoms with E-state index in [2.05, 4.69) is 0 Å². The highest BCUT2D eigenvalue weighted by Crippen LogP contribution is 2.11. The van der Waals surface area contributed by atoms with Crippen LogP contribution < -0.4 is 4.90 Å². The van der Waals surface area contributed by atoms with Gasteiger partial charge in [-0.1, -0.05) is 18.2 Å². The molecular formula is C11H13NO2. The largest absolute Gasteiger partial charge is 0.315 e. The standard InChI is InChI=1S/C11H13NO2/c1-9(13)8-11(14)12(2)10-6-4-3-5-7-10/h3-7H,8H2,1-2H3. The molecular weight excluding hydrogens is 178 g/mol. The predicted molar refractivity (Wildman–Crippen MR) is 55.2 cm³/mol. The first-order valence-corrected chi connectivity index (χ1v) is 4.42. The maximum atomic E-state index is 11.5. The highest BCUT2D eigenvalue weighted by molar-refractivity contribution is 6.04. The van der Waals surface area contributed by atoms with Crippen molar-refractivity contribution >= 4 is 17.4 Å². The summed E-state index contributed by atoms with van der Waals surface area (Å²) in [4.78, 5) is 23.7. The Labute approximate surface area is 83.3 Å². The minimum atomic E-state index is -0.177. The molecule has 1 aromatic rings. The zero-order chi connectivity index (χ0) is 10.6. The van der Waals surface area contributed by atoms with E-state index in [9.17, 15) is 9.59 Å². The molecule has 3 nitrogen and oxygen atoms in total. The first-order valence-electron chi connectivity index (χ1n) is 4.42. The Bertz CT molecular complexity index is 332. The molecule has 0 aromatic heterocycles. The van der Waals surface area contributed by atoms with Crippen LogP contribution in [0.15, 0.2) is 30.3 Å². The number of carbonyl (C=O) groups excluding carboxylic acids is 2. The lowest BCUT2D eigenvalue weighted by Crippen LogP contribution is -2.27. The molecule has 1 rings (SSSR count). The van der Waals surface area contributed by atoms with Crippen molar-refractivity contribution in [1.82, 2.24) is 0 Å². The normalized spacial score (nSPS) is 9.57. The number of para-hydroxylation sites is 1. The van der Waals surface area contributed by atoms with Gasteiger partial charge in [-0.2, -0.15) is 0 Å². The van der Waals surface area contributed by atoms with Crippen molar-refractivity contribution in [1.29, 1.82) is 0 Å². The fourth-order valence-electron chi connectivity index (χ4n) is 1.13. The van der Waals surface area contributed by atoms with Crippen molar-refractivity contribution in [3.8, 4) is 0 Å². The Hall–Kier alpha value is -1.64. The minimum Gasteiger partial charge on any atom is -0.315 e. The summed E-state index contributed by atoms with van der Waals surface area (Å²) < 4.78 is 0. The van der Waals surface area contributed by atoms with Crippen molar-refractivity contribution in [2.45, 2.75) is 13.3 Å². The molecule has 0 saturated carbocycles. The molecule has 1 aromatic carbocycles. The van der Waals surface area contributed by atoms with E-state index < -0.39 is 0 Å². The molecule has 0 heterocycles. The van der Waals surface area contributed by atoms with Crippen LogP contribution in [0, 0.1) is 0 Å². The van der Waals surface area contributed by atoms with E-state index in [1.807, 2.05) is 30.3 Å². The third-order valence-corrected chi connectivity index (χ3v) is 1.92. The summed E-state index contributed by atoms with van der Waals surface area (Å²) in [5.74, 6) is -0.290. The number of Topliss-reactive ketones (excluding diaryl/α,β-unsaturated/α-hetero) is 1. The van der Waals surface area contributed by atoms with Gasteiger partial charge in [0, 0.05) is 12.7 Å². The van der Waals surface area contributed by atoms with E-state index in [1.54, 1.807) is 7.05 Å². The van der Waals surface area contributed by atoms with Gasteiger partial charge in [0.2, 0.25) is 5.91 Å². The third-order valence-electron chi connectivity index (χ3n) is 1.92. The van der Waals surface area contributed by atoms with E-state index in [1.165, 1.54) is 11.8 Å². The number of benzene rings is 1. The molecule has 1 amide bonds. The summed E-state index contributed by atoms with van der Waals surface area (Å²) in [7, 11) is 1.67. The number of hydrogen-bond acceptors (Lipinski definition) is 2. The fraction of sp³-hybridized carbons (Fsp3) is 0.273. The Morgan fingerprint density at radius 2 is 1.79 bits per heavy atom. The Morgan fingerprint density at radius 1 is 1.21 bits per heavy atom. The second-order valence-electron chi connectivity index (χ2n) is 3.17. The first kappa shape index (κ1) is 10.4. The van der Waals surface area contributed by atoms with E-state index in [-0.39, 0.29) is 18.1 Å². The SMILES string of the molecule is CC(=O)CC(=O)N(C)c1ccccc1. The lowest BCUT2D eigenvalue weighted by Gasteiger charge is -2.16. The van der Waals surface area contributed by atoms with Gasteiger partial charge in [0.1, 0.15) is 5.78 Å². The van der Waals surface area contributed by atoms with Gasteiger partial charge in [0.25, 0.3) is 0 Å². The van der Waals surface area contributed by atoms with Crippen LogP contribution in [-0.4, -0.2) is 18.7 Å². The summed E-state index contributed by atoms with van der Waals surface area (Å²) in [6.07, 6.45) is -0.0363. The van der Waals surface area contributed by atoms with Gasteiger partial charge >= 0.3 is 0 Å². The number of anilines is 1. The minimum absolute atomic E-state index is 0.0363. The van der Waals surface area contributed by atoms with Crippen molar-refractivity contribution in [3.63, 3.8) is 0 Å². The summed E-state index contributed by atoms with van der Waals surface area (Å²) in [5, 5.41) is 0. The molecule has 0 fully saturated rings. The zero-order valence-corrected chi connectivity index (χ0v) is 8.36. The topological polar surface area (TPSA) is 37.4 Å². The smallest absolute Gasteiger partial charge is 0.234 e. The second kappa shape index (κ2) is 4.56. The molecule has 0 N–H and O–H groups in total. The van der Waals surface area contributed by atoms with Crippen molar-refractivity contribution in [2.75, 3.05) is 11.9 Å². The second-order valence-corrected chi connectivity index (χ2v) is 3.17. The predicted octanol–water partition coefficient (Wildman–Crippen LogP) is 1.63. The summed E-state index contributed by atoms with van der Waals surface area (Å²) in [5.41, 5.74) is 0.804. The molecule has 0 unspecified atom stereocenters. The molecule has 0 aliphatic carbocycles. The number of ketones is 1. The van der Waals surface area contributed by atoms with E-state index >= 15 is 0 Å². The summed E-state index contributed by atoms with van der Waals surface area (Å²) >= 11 is 0. The first-order chi connectivity index (χ1) is 6.61. The van der Waals surface area contributed by atoms with Gasteiger partial charge in [-0.25, -0.2) is 0 Å². The number of hydrogen-bond donors (Lipinski definition) is 0. The van der Waals surface area contributed by atoms with Crippen LogP contribution in [0.2, 0.25) is 0 Å². The Kier molecular flexibility index (Phi) is 3.40. The molecule has 14 heavy (non-hydrogen) atoms. The molecule has 3 heteroatoms. The average molecular weight is 191 g/mol. The lowest BCUT2D eigenvalue weighted by molar-refractivity contribution is -0.125. The van der Waals surface area contributed by atoms with Crippen LogP contribution in [-0.2, 0) is 9.59 Å². The van der Waals surface area contributed by atoms with Crippen LogP contribution in [0.25, 0.3) is 0 Å². The van der Waals surface area contributed by atoms with E-state index in [0.717, 1.165) is 5.69 Å². The van der Waals surface area contributed by atoms with E-state index in [0.29, 0.717) is 0 Å². The van der Waals surface area contributed by atoms with Gasteiger partial charge < -0.3 is 4.90 Å². The van der Waals surface area contributed by atoms with Gasteiger partial charge in [0.05, 0.1) is 6.42 Å². The molecule has 0 aliphatic rings. The van der Waals surface area contributed by atoms with Crippen LogP contribution in [0.1, 0.15) is 13.3 Å². The van der Waals surface area contributed by atoms with Crippen LogP contribution in [0.4, 0.5) is 5.69 Å². The number of nitrogens with zero attached hydrogens (tertiary/aromatic N) is 1. The highest BCUT2D eigenvalue weighted by Gasteiger charge is 2.11. The lowest BCUT2D eigenvalue weighted by atomic mass is 10.2. The third kappa shape index (κ3) is 2.69.